The van der Waals surface area contributed by atoms with Gasteiger partial charge < -0.3 is 10.4 Å². The highest BCUT2D eigenvalue weighted by atomic mass is 16.3. The Morgan fingerprint density at radius 2 is 2.28 bits per heavy atom. The van der Waals surface area contributed by atoms with E-state index in [1.165, 1.54) is 5.56 Å². The zero-order chi connectivity index (χ0) is 13.0. The van der Waals surface area contributed by atoms with E-state index in [4.69, 9.17) is 0 Å². The van der Waals surface area contributed by atoms with Crippen molar-refractivity contribution in [3.63, 3.8) is 0 Å². The maximum Gasteiger partial charge on any atom is 0.224 e. The van der Waals surface area contributed by atoms with Gasteiger partial charge in [-0.1, -0.05) is 29.8 Å². The van der Waals surface area contributed by atoms with Gasteiger partial charge in [0.1, 0.15) is 0 Å². The standard InChI is InChI=1S/C15H21NO2/c1-11-4-2-5-12(8-11)9-15(18)16-13-6-3-7-14(17)10-13/h2,4-5,8,13-14,17H,3,6-7,9-10H2,1H3,(H,16,18). The Balaban J connectivity index is 1.85. The van der Waals surface area contributed by atoms with E-state index in [0.29, 0.717) is 12.8 Å². The van der Waals surface area contributed by atoms with Gasteiger partial charge in [0.15, 0.2) is 0 Å². The lowest BCUT2D eigenvalue weighted by Gasteiger charge is -2.26. The molecule has 0 aliphatic heterocycles. The molecule has 0 saturated heterocycles. The van der Waals surface area contributed by atoms with Crippen molar-refractivity contribution in [1.82, 2.24) is 5.32 Å². The number of carbonyl (C=O) groups excluding carboxylic acids is 1. The normalized spacial score (nSPS) is 23.7. The molecule has 3 heteroatoms. The van der Waals surface area contributed by atoms with Crippen LogP contribution in [-0.4, -0.2) is 23.2 Å². The Hall–Kier alpha value is -1.35. The van der Waals surface area contributed by atoms with Gasteiger partial charge in [-0.15, -0.1) is 0 Å². The van der Waals surface area contributed by atoms with Crippen molar-refractivity contribution in [3.05, 3.63) is 35.4 Å². The van der Waals surface area contributed by atoms with E-state index >= 15 is 0 Å². The van der Waals surface area contributed by atoms with Crippen molar-refractivity contribution in [3.8, 4) is 0 Å². The van der Waals surface area contributed by atoms with Crippen LogP contribution in [0.2, 0.25) is 0 Å². The van der Waals surface area contributed by atoms with Crippen LogP contribution in [0, 0.1) is 6.92 Å². The van der Waals surface area contributed by atoms with Gasteiger partial charge in [0.05, 0.1) is 12.5 Å². The highest BCUT2D eigenvalue weighted by Gasteiger charge is 2.21. The molecule has 1 aliphatic rings. The summed E-state index contributed by atoms with van der Waals surface area (Å²) < 4.78 is 0. The molecule has 2 atom stereocenters. The molecule has 2 rings (SSSR count). The first-order valence-corrected chi connectivity index (χ1v) is 6.66. The van der Waals surface area contributed by atoms with Crippen molar-refractivity contribution in [2.45, 2.75) is 51.2 Å². The van der Waals surface area contributed by atoms with E-state index in [1.54, 1.807) is 0 Å². The number of aliphatic hydroxyl groups is 1. The number of carbonyl (C=O) groups is 1. The van der Waals surface area contributed by atoms with E-state index in [0.717, 1.165) is 24.8 Å². The Morgan fingerprint density at radius 3 is 3.00 bits per heavy atom. The number of rotatable bonds is 3. The average molecular weight is 247 g/mol. The Bertz CT molecular complexity index is 417. The molecular weight excluding hydrogens is 226 g/mol. The summed E-state index contributed by atoms with van der Waals surface area (Å²) in [4.78, 5) is 11.9. The summed E-state index contributed by atoms with van der Waals surface area (Å²) in [7, 11) is 0. The van der Waals surface area contributed by atoms with Gasteiger partial charge >= 0.3 is 0 Å². The van der Waals surface area contributed by atoms with E-state index in [9.17, 15) is 9.90 Å². The molecule has 98 valence electrons. The Labute approximate surface area is 108 Å². The van der Waals surface area contributed by atoms with Crippen LogP contribution in [0.1, 0.15) is 36.8 Å². The number of aryl methyl sites for hydroxylation is 1. The maximum atomic E-state index is 11.9. The van der Waals surface area contributed by atoms with Gasteiger partial charge in [0.2, 0.25) is 5.91 Å². The molecular formula is C15H21NO2. The van der Waals surface area contributed by atoms with Crippen LogP contribution < -0.4 is 5.32 Å². The van der Waals surface area contributed by atoms with Crippen molar-refractivity contribution in [1.29, 1.82) is 0 Å². The van der Waals surface area contributed by atoms with Gasteiger partial charge in [-0.3, -0.25) is 4.79 Å². The molecule has 1 aromatic carbocycles. The third kappa shape index (κ3) is 3.84. The summed E-state index contributed by atoms with van der Waals surface area (Å²) in [6, 6.07) is 8.16. The molecule has 1 aliphatic carbocycles. The molecule has 1 saturated carbocycles. The summed E-state index contributed by atoms with van der Waals surface area (Å²) in [6.45, 7) is 2.03. The van der Waals surface area contributed by atoms with Gasteiger partial charge in [0, 0.05) is 6.04 Å². The molecule has 1 aromatic rings. The molecule has 0 aromatic heterocycles. The fourth-order valence-corrected chi connectivity index (χ4v) is 2.58. The van der Waals surface area contributed by atoms with Gasteiger partial charge in [-0.25, -0.2) is 0 Å². The zero-order valence-electron chi connectivity index (χ0n) is 10.9. The van der Waals surface area contributed by atoms with Crippen molar-refractivity contribution in [2.24, 2.45) is 0 Å². The lowest BCUT2D eigenvalue weighted by Crippen LogP contribution is -2.40. The van der Waals surface area contributed by atoms with Crippen molar-refractivity contribution < 1.29 is 9.90 Å². The van der Waals surface area contributed by atoms with E-state index in [2.05, 4.69) is 5.32 Å². The van der Waals surface area contributed by atoms with Crippen LogP contribution >= 0.6 is 0 Å². The monoisotopic (exact) mass is 247 g/mol. The van der Waals surface area contributed by atoms with Crippen LogP contribution in [0.4, 0.5) is 0 Å². The average Bonchev–Trinajstić information content (AvgIpc) is 2.28. The third-order valence-electron chi connectivity index (χ3n) is 3.46. The predicted octanol–water partition coefficient (Wildman–Crippen LogP) is 1.96. The molecule has 1 amide bonds. The fourth-order valence-electron chi connectivity index (χ4n) is 2.58. The Morgan fingerprint density at radius 1 is 1.44 bits per heavy atom. The minimum Gasteiger partial charge on any atom is -0.393 e. The van der Waals surface area contributed by atoms with Crippen LogP contribution in [0.3, 0.4) is 0 Å². The maximum absolute atomic E-state index is 11.9. The fraction of sp³-hybridized carbons (Fsp3) is 0.533. The SMILES string of the molecule is Cc1cccc(CC(=O)NC2CCCC(O)C2)c1. The number of aliphatic hydroxyl groups excluding tert-OH is 1. The van der Waals surface area contributed by atoms with E-state index in [-0.39, 0.29) is 18.1 Å². The molecule has 0 spiro atoms. The zero-order valence-corrected chi connectivity index (χ0v) is 10.9. The highest BCUT2D eigenvalue weighted by Crippen LogP contribution is 2.18. The largest absolute Gasteiger partial charge is 0.393 e. The minimum absolute atomic E-state index is 0.0553. The molecule has 1 fully saturated rings. The highest BCUT2D eigenvalue weighted by molar-refractivity contribution is 5.78. The molecule has 2 unspecified atom stereocenters. The second-order valence-corrected chi connectivity index (χ2v) is 5.25. The molecule has 18 heavy (non-hydrogen) atoms. The Kier molecular flexibility index (Phi) is 4.37. The minimum atomic E-state index is -0.247. The summed E-state index contributed by atoms with van der Waals surface area (Å²) in [6.07, 6.45) is 3.72. The topological polar surface area (TPSA) is 49.3 Å². The van der Waals surface area contributed by atoms with Crippen molar-refractivity contribution in [2.75, 3.05) is 0 Å². The van der Waals surface area contributed by atoms with Gasteiger partial charge in [-0.05, 0) is 38.2 Å². The quantitative estimate of drug-likeness (QED) is 0.857. The van der Waals surface area contributed by atoms with E-state index in [1.807, 2.05) is 31.2 Å². The van der Waals surface area contributed by atoms with Crippen LogP contribution in [-0.2, 0) is 11.2 Å². The number of benzene rings is 1. The van der Waals surface area contributed by atoms with E-state index < -0.39 is 0 Å². The molecule has 2 N–H and O–H groups in total. The molecule has 3 nitrogen and oxygen atoms in total. The molecule has 0 heterocycles. The molecule has 0 bridgehead atoms. The lowest BCUT2D eigenvalue weighted by molar-refractivity contribution is -0.121. The first-order chi connectivity index (χ1) is 8.63. The second kappa shape index (κ2) is 6.01. The number of nitrogens with one attached hydrogen (secondary N) is 1. The lowest BCUT2D eigenvalue weighted by atomic mass is 9.93. The third-order valence-corrected chi connectivity index (χ3v) is 3.46. The summed E-state index contributed by atoms with van der Waals surface area (Å²) in [5.74, 6) is 0.0553. The van der Waals surface area contributed by atoms with Crippen molar-refractivity contribution >= 4 is 5.91 Å². The van der Waals surface area contributed by atoms with Crippen LogP contribution in [0.15, 0.2) is 24.3 Å². The smallest absolute Gasteiger partial charge is 0.224 e. The van der Waals surface area contributed by atoms with Gasteiger partial charge in [0.25, 0.3) is 0 Å². The first-order valence-electron chi connectivity index (χ1n) is 6.66. The summed E-state index contributed by atoms with van der Waals surface area (Å²) in [5.41, 5.74) is 2.22. The number of hydrogen-bond donors (Lipinski definition) is 2. The first kappa shape index (κ1) is 13.1. The van der Waals surface area contributed by atoms with Gasteiger partial charge in [-0.2, -0.15) is 0 Å². The summed E-state index contributed by atoms with van der Waals surface area (Å²) >= 11 is 0. The van der Waals surface area contributed by atoms with Crippen LogP contribution in [0.5, 0.6) is 0 Å². The molecule has 0 radical (unpaired) electrons. The predicted molar refractivity (Wildman–Crippen MR) is 71.3 cm³/mol. The van der Waals surface area contributed by atoms with Crippen LogP contribution in [0.25, 0.3) is 0 Å². The number of hydrogen-bond acceptors (Lipinski definition) is 2. The summed E-state index contributed by atoms with van der Waals surface area (Å²) in [5, 5.41) is 12.6. The second-order valence-electron chi connectivity index (χ2n) is 5.25. The number of amides is 1.